The van der Waals surface area contributed by atoms with Crippen molar-refractivity contribution in [3.8, 4) is 0 Å². The molecular formula is C10H12N2O3. The number of imide groups is 1. The maximum Gasteiger partial charge on any atom is 0.229 e. The first kappa shape index (κ1) is 9.89. The Balaban J connectivity index is 1.92. The average molecular weight is 208 g/mol. The maximum atomic E-state index is 11.4. The van der Waals surface area contributed by atoms with E-state index in [1.54, 1.807) is 12.3 Å². The highest BCUT2D eigenvalue weighted by Gasteiger charge is 2.25. The summed E-state index contributed by atoms with van der Waals surface area (Å²) in [6.07, 6.45) is 3.72. The standard InChI is InChI=1S/C10H12N2O3/c13-9-2-1-3-10(14)12(9)7-5-8-4-6-11-15-8/h4,6H,1-3,5,7H2. The smallest absolute Gasteiger partial charge is 0.229 e. The summed E-state index contributed by atoms with van der Waals surface area (Å²) in [5.41, 5.74) is 0. The highest BCUT2D eigenvalue weighted by atomic mass is 16.5. The van der Waals surface area contributed by atoms with Crippen molar-refractivity contribution in [2.24, 2.45) is 0 Å². The summed E-state index contributed by atoms with van der Waals surface area (Å²) in [6, 6.07) is 1.74. The Morgan fingerprint density at radius 2 is 2.07 bits per heavy atom. The number of amides is 2. The molecule has 1 aromatic heterocycles. The van der Waals surface area contributed by atoms with E-state index in [-0.39, 0.29) is 11.8 Å². The SMILES string of the molecule is O=C1CCCC(=O)N1CCc1ccno1. The monoisotopic (exact) mass is 208 g/mol. The Hall–Kier alpha value is -1.65. The van der Waals surface area contributed by atoms with Crippen LogP contribution in [0.15, 0.2) is 16.8 Å². The molecule has 2 amide bonds. The summed E-state index contributed by atoms with van der Waals surface area (Å²) in [5, 5.41) is 3.56. The van der Waals surface area contributed by atoms with Gasteiger partial charge in [0, 0.05) is 31.9 Å². The molecule has 80 valence electrons. The Labute approximate surface area is 87.0 Å². The molecule has 1 aromatic rings. The lowest BCUT2D eigenvalue weighted by Crippen LogP contribution is -2.41. The molecule has 0 radical (unpaired) electrons. The number of hydrogen-bond donors (Lipinski definition) is 0. The Morgan fingerprint density at radius 1 is 1.33 bits per heavy atom. The summed E-state index contributed by atoms with van der Waals surface area (Å²) in [5.74, 6) is 0.540. The zero-order valence-electron chi connectivity index (χ0n) is 8.31. The van der Waals surface area contributed by atoms with Crippen molar-refractivity contribution in [3.05, 3.63) is 18.0 Å². The Bertz CT molecular complexity index is 343. The molecule has 1 fully saturated rings. The van der Waals surface area contributed by atoms with E-state index in [4.69, 9.17) is 4.52 Å². The van der Waals surface area contributed by atoms with Gasteiger partial charge in [0.25, 0.3) is 0 Å². The second kappa shape index (κ2) is 4.25. The lowest BCUT2D eigenvalue weighted by Gasteiger charge is -2.24. The number of aromatic nitrogens is 1. The van der Waals surface area contributed by atoms with Gasteiger partial charge in [-0.25, -0.2) is 0 Å². The molecule has 5 heteroatoms. The number of rotatable bonds is 3. The molecule has 0 bridgehead atoms. The molecular weight excluding hydrogens is 196 g/mol. The molecule has 0 atom stereocenters. The first-order valence-electron chi connectivity index (χ1n) is 5.00. The molecule has 0 spiro atoms. The van der Waals surface area contributed by atoms with Gasteiger partial charge in [-0.1, -0.05) is 5.16 Å². The van der Waals surface area contributed by atoms with Gasteiger partial charge in [0.15, 0.2) is 0 Å². The molecule has 1 saturated heterocycles. The molecule has 15 heavy (non-hydrogen) atoms. The van der Waals surface area contributed by atoms with Crippen LogP contribution in [-0.4, -0.2) is 28.4 Å². The molecule has 1 aliphatic rings. The van der Waals surface area contributed by atoms with Gasteiger partial charge in [0.05, 0.1) is 6.20 Å². The van der Waals surface area contributed by atoms with Crippen LogP contribution in [0, 0.1) is 0 Å². The molecule has 0 unspecified atom stereocenters. The normalized spacial score (nSPS) is 17.2. The van der Waals surface area contributed by atoms with Gasteiger partial charge in [-0.3, -0.25) is 14.5 Å². The molecule has 2 rings (SSSR count). The van der Waals surface area contributed by atoms with Gasteiger partial charge < -0.3 is 4.52 Å². The van der Waals surface area contributed by atoms with E-state index in [0.717, 1.165) is 0 Å². The first-order chi connectivity index (χ1) is 7.27. The number of hydrogen-bond acceptors (Lipinski definition) is 4. The van der Waals surface area contributed by atoms with E-state index in [0.29, 0.717) is 38.0 Å². The van der Waals surface area contributed by atoms with Crippen LogP contribution in [0.3, 0.4) is 0 Å². The summed E-state index contributed by atoms with van der Waals surface area (Å²) >= 11 is 0. The topological polar surface area (TPSA) is 63.4 Å². The fraction of sp³-hybridized carbons (Fsp3) is 0.500. The number of carbonyl (C=O) groups is 2. The molecule has 0 aromatic carbocycles. The third kappa shape index (κ3) is 2.23. The van der Waals surface area contributed by atoms with Crippen LogP contribution in [0.4, 0.5) is 0 Å². The fourth-order valence-corrected chi connectivity index (χ4v) is 1.64. The van der Waals surface area contributed by atoms with Gasteiger partial charge in [0.2, 0.25) is 11.8 Å². The van der Waals surface area contributed by atoms with Crippen LogP contribution in [-0.2, 0) is 16.0 Å². The van der Waals surface area contributed by atoms with E-state index >= 15 is 0 Å². The van der Waals surface area contributed by atoms with Crippen LogP contribution >= 0.6 is 0 Å². The van der Waals surface area contributed by atoms with Crippen molar-refractivity contribution in [2.45, 2.75) is 25.7 Å². The number of carbonyl (C=O) groups excluding carboxylic acids is 2. The van der Waals surface area contributed by atoms with E-state index in [1.807, 2.05) is 0 Å². The van der Waals surface area contributed by atoms with Gasteiger partial charge in [-0.15, -0.1) is 0 Å². The van der Waals surface area contributed by atoms with Crippen LogP contribution in [0.1, 0.15) is 25.0 Å². The summed E-state index contributed by atoms with van der Waals surface area (Å²) in [6.45, 7) is 0.396. The number of nitrogens with zero attached hydrogens (tertiary/aromatic N) is 2. The predicted octanol–water partition coefficient (Wildman–Crippen LogP) is 0.756. The lowest BCUT2D eigenvalue weighted by atomic mass is 10.1. The lowest BCUT2D eigenvalue weighted by molar-refractivity contribution is -0.147. The van der Waals surface area contributed by atoms with Crippen molar-refractivity contribution < 1.29 is 14.1 Å². The largest absolute Gasteiger partial charge is 0.361 e. The minimum atomic E-state index is -0.0780. The van der Waals surface area contributed by atoms with Crippen LogP contribution in [0.5, 0.6) is 0 Å². The quantitative estimate of drug-likeness (QED) is 0.688. The third-order valence-electron chi connectivity index (χ3n) is 2.46. The molecule has 1 aliphatic heterocycles. The summed E-state index contributed by atoms with van der Waals surface area (Å²) in [4.78, 5) is 24.2. The van der Waals surface area contributed by atoms with Crippen LogP contribution in [0.2, 0.25) is 0 Å². The van der Waals surface area contributed by atoms with Crippen molar-refractivity contribution in [1.82, 2.24) is 10.1 Å². The zero-order valence-corrected chi connectivity index (χ0v) is 8.31. The minimum absolute atomic E-state index is 0.0780. The van der Waals surface area contributed by atoms with Crippen molar-refractivity contribution >= 4 is 11.8 Å². The number of piperidine rings is 1. The molecule has 0 aliphatic carbocycles. The average Bonchev–Trinajstić information content (AvgIpc) is 2.70. The number of likely N-dealkylation sites (tertiary alicyclic amines) is 1. The van der Waals surface area contributed by atoms with Crippen LogP contribution in [0.25, 0.3) is 0 Å². The fourth-order valence-electron chi connectivity index (χ4n) is 1.64. The van der Waals surface area contributed by atoms with Crippen molar-refractivity contribution in [2.75, 3.05) is 6.54 Å². The second-order valence-corrected chi connectivity index (χ2v) is 3.52. The highest BCUT2D eigenvalue weighted by molar-refractivity contribution is 5.97. The third-order valence-corrected chi connectivity index (χ3v) is 2.46. The molecule has 0 saturated carbocycles. The van der Waals surface area contributed by atoms with E-state index in [2.05, 4.69) is 5.16 Å². The van der Waals surface area contributed by atoms with Crippen molar-refractivity contribution in [1.29, 1.82) is 0 Å². The van der Waals surface area contributed by atoms with E-state index in [9.17, 15) is 9.59 Å². The van der Waals surface area contributed by atoms with Gasteiger partial charge >= 0.3 is 0 Å². The molecule has 2 heterocycles. The molecule has 0 N–H and O–H groups in total. The predicted molar refractivity (Wildman–Crippen MR) is 50.8 cm³/mol. The minimum Gasteiger partial charge on any atom is -0.361 e. The summed E-state index contributed by atoms with van der Waals surface area (Å²) in [7, 11) is 0. The Morgan fingerprint density at radius 3 is 2.67 bits per heavy atom. The van der Waals surface area contributed by atoms with Gasteiger partial charge in [-0.05, 0) is 6.42 Å². The van der Waals surface area contributed by atoms with E-state index < -0.39 is 0 Å². The summed E-state index contributed by atoms with van der Waals surface area (Å²) < 4.78 is 4.90. The van der Waals surface area contributed by atoms with Crippen molar-refractivity contribution in [3.63, 3.8) is 0 Å². The maximum absolute atomic E-state index is 11.4. The van der Waals surface area contributed by atoms with Gasteiger partial charge in [0.1, 0.15) is 5.76 Å². The molecule has 5 nitrogen and oxygen atoms in total. The Kier molecular flexibility index (Phi) is 2.80. The van der Waals surface area contributed by atoms with Gasteiger partial charge in [-0.2, -0.15) is 0 Å². The first-order valence-corrected chi connectivity index (χ1v) is 5.00. The van der Waals surface area contributed by atoms with Crippen LogP contribution < -0.4 is 0 Å². The second-order valence-electron chi connectivity index (χ2n) is 3.52. The highest BCUT2D eigenvalue weighted by Crippen LogP contribution is 2.12. The van der Waals surface area contributed by atoms with E-state index in [1.165, 1.54) is 4.90 Å². The zero-order chi connectivity index (χ0) is 10.7.